The molecular formula is C22H24F3N5O. The fourth-order valence-electron chi connectivity index (χ4n) is 3.78. The number of nitrogens with zero attached hydrogens (tertiary/aromatic N) is 5. The number of aromatic nitrogens is 3. The molecule has 1 aliphatic rings. The molecule has 1 amide bonds. The summed E-state index contributed by atoms with van der Waals surface area (Å²) in [6, 6.07) is 7.26. The zero-order chi connectivity index (χ0) is 22.2. The van der Waals surface area contributed by atoms with Crippen molar-refractivity contribution in [1.82, 2.24) is 24.6 Å². The van der Waals surface area contributed by atoms with Gasteiger partial charge in [0, 0.05) is 50.3 Å². The molecule has 31 heavy (non-hydrogen) atoms. The molecular weight excluding hydrogens is 407 g/mol. The van der Waals surface area contributed by atoms with E-state index in [1.807, 2.05) is 24.6 Å². The van der Waals surface area contributed by atoms with Crippen LogP contribution in [0.15, 0.2) is 42.7 Å². The topological polar surface area (TPSA) is 54.3 Å². The normalized spacial score (nSPS) is 15.7. The Labute approximate surface area is 178 Å². The van der Waals surface area contributed by atoms with Crippen molar-refractivity contribution in [2.45, 2.75) is 32.6 Å². The maximum absolute atomic E-state index is 12.9. The first-order valence-corrected chi connectivity index (χ1v) is 10.2. The van der Waals surface area contributed by atoms with Gasteiger partial charge in [-0.25, -0.2) is 9.67 Å². The lowest BCUT2D eigenvalue weighted by Crippen LogP contribution is -2.48. The van der Waals surface area contributed by atoms with Crippen LogP contribution in [0.5, 0.6) is 0 Å². The first-order chi connectivity index (χ1) is 14.7. The highest BCUT2D eigenvalue weighted by molar-refractivity contribution is 5.96. The highest BCUT2D eigenvalue weighted by Crippen LogP contribution is 2.29. The predicted octanol–water partition coefficient (Wildman–Crippen LogP) is 3.99. The van der Waals surface area contributed by atoms with Crippen molar-refractivity contribution >= 4 is 16.9 Å². The summed E-state index contributed by atoms with van der Waals surface area (Å²) in [6.07, 6.45) is -1.00. The zero-order valence-corrected chi connectivity index (χ0v) is 17.4. The number of rotatable bonds is 4. The molecule has 0 saturated carbocycles. The number of fused-ring (bicyclic) bond motifs is 1. The molecule has 4 rings (SSSR count). The summed E-state index contributed by atoms with van der Waals surface area (Å²) in [5, 5.41) is 5.17. The van der Waals surface area contributed by atoms with Gasteiger partial charge >= 0.3 is 6.18 Å². The van der Waals surface area contributed by atoms with Crippen molar-refractivity contribution in [2.75, 3.05) is 26.2 Å². The number of hydrogen-bond donors (Lipinski definition) is 0. The van der Waals surface area contributed by atoms with E-state index in [0.717, 1.165) is 28.7 Å². The van der Waals surface area contributed by atoms with Gasteiger partial charge in [-0.05, 0) is 37.6 Å². The second-order valence-electron chi connectivity index (χ2n) is 8.08. The average Bonchev–Trinajstić information content (AvgIpc) is 3.17. The SMILES string of the molecule is CC(C)n1ncc2cc(C(=O)N3CCN(Cc4ccc(C(F)(F)F)cc4)CC3)cnc21. The number of amides is 1. The Kier molecular flexibility index (Phi) is 5.70. The van der Waals surface area contributed by atoms with Gasteiger partial charge in [0.2, 0.25) is 0 Å². The van der Waals surface area contributed by atoms with Crippen LogP contribution in [0, 0.1) is 0 Å². The Morgan fingerprint density at radius 2 is 1.74 bits per heavy atom. The molecule has 1 saturated heterocycles. The Morgan fingerprint density at radius 3 is 2.35 bits per heavy atom. The highest BCUT2D eigenvalue weighted by Gasteiger charge is 2.30. The molecule has 0 aliphatic carbocycles. The van der Waals surface area contributed by atoms with E-state index < -0.39 is 11.7 Å². The molecule has 9 heteroatoms. The maximum atomic E-state index is 12.9. The molecule has 1 aliphatic heterocycles. The van der Waals surface area contributed by atoms with Crippen LogP contribution in [0.2, 0.25) is 0 Å². The number of carbonyl (C=O) groups excluding carboxylic acids is 1. The number of piperazine rings is 1. The van der Waals surface area contributed by atoms with Gasteiger partial charge in [-0.15, -0.1) is 0 Å². The molecule has 3 aromatic rings. The first-order valence-electron chi connectivity index (χ1n) is 10.2. The average molecular weight is 431 g/mol. The van der Waals surface area contributed by atoms with Crippen LogP contribution in [0.25, 0.3) is 11.0 Å². The highest BCUT2D eigenvalue weighted by atomic mass is 19.4. The lowest BCUT2D eigenvalue weighted by molar-refractivity contribution is -0.137. The van der Waals surface area contributed by atoms with Crippen LogP contribution in [-0.2, 0) is 12.7 Å². The van der Waals surface area contributed by atoms with Gasteiger partial charge in [-0.3, -0.25) is 9.69 Å². The zero-order valence-electron chi connectivity index (χ0n) is 17.4. The van der Waals surface area contributed by atoms with Crippen molar-refractivity contribution in [1.29, 1.82) is 0 Å². The van der Waals surface area contributed by atoms with Crippen molar-refractivity contribution in [3.05, 3.63) is 59.4 Å². The second kappa shape index (κ2) is 8.30. The molecule has 0 N–H and O–H groups in total. The molecule has 0 radical (unpaired) electrons. The van der Waals surface area contributed by atoms with Gasteiger partial charge in [0.15, 0.2) is 5.65 Å². The van der Waals surface area contributed by atoms with Gasteiger partial charge in [0.05, 0.1) is 17.3 Å². The van der Waals surface area contributed by atoms with E-state index in [0.29, 0.717) is 38.3 Å². The molecule has 164 valence electrons. The third-order valence-electron chi connectivity index (χ3n) is 5.52. The smallest absolute Gasteiger partial charge is 0.336 e. The quantitative estimate of drug-likeness (QED) is 0.627. The van der Waals surface area contributed by atoms with Crippen LogP contribution in [0.1, 0.15) is 41.4 Å². The molecule has 2 aromatic heterocycles. The molecule has 6 nitrogen and oxygen atoms in total. The monoisotopic (exact) mass is 431 g/mol. The van der Waals surface area contributed by atoms with Gasteiger partial charge in [0.1, 0.15) is 0 Å². The van der Waals surface area contributed by atoms with E-state index in [9.17, 15) is 18.0 Å². The van der Waals surface area contributed by atoms with E-state index >= 15 is 0 Å². The number of halogens is 3. The fourth-order valence-corrected chi connectivity index (χ4v) is 3.78. The summed E-state index contributed by atoms with van der Waals surface area (Å²) >= 11 is 0. The first kappa shape index (κ1) is 21.3. The second-order valence-corrected chi connectivity index (χ2v) is 8.08. The maximum Gasteiger partial charge on any atom is 0.416 e. The molecule has 3 heterocycles. The summed E-state index contributed by atoms with van der Waals surface area (Å²) < 4.78 is 39.9. The summed E-state index contributed by atoms with van der Waals surface area (Å²) in [5.74, 6) is -0.0686. The number of benzene rings is 1. The van der Waals surface area contributed by atoms with E-state index in [1.54, 1.807) is 17.3 Å². The molecule has 0 atom stereocenters. The molecule has 0 bridgehead atoms. The minimum Gasteiger partial charge on any atom is -0.336 e. The number of hydrogen-bond acceptors (Lipinski definition) is 4. The lowest BCUT2D eigenvalue weighted by atomic mass is 10.1. The van der Waals surface area contributed by atoms with Crippen molar-refractivity contribution < 1.29 is 18.0 Å². The summed E-state index contributed by atoms with van der Waals surface area (Å²) in [5.41, 5.74) is 1.47. The third-order valence-corrected chi connectivity index (χ3v) is 5.52. The van der Waals surface area contributed by atoms with Crippen molar-refractivity contribution in [3.63, 3.8) is 0 Å². The Bertz CT molecular complexity index is 1070. The molecule has 1 aromatic carbocycles. The lowest BCUT2D eigenvalue weighted by Gasteiger charge is -2.34. The summed E-state index contributed by atoms with van der Waals surface area (Å²) in [4.78, 5) is 21.3. The summed E-state index contributed by atoms with van der Waals surface area (Å²) in [6.45, 7) is 7.05. The number of pyridine rings is 1. The van der Waals surface area contributed by atoms with E-state index in [4.69, 9.17) is 0 Å². The number of carbonyl (C=O) groups is 1. The van der Waals surface area contributed by atoms with Crippen LogP contribution in [-0.4, -0.2) is 56.7 Å². The van der Waals surface area contributed by atoms with Gasteiger partial charge < -0.3 is 4.90 Å². The fraction of sp³-hybridized carbons (Fsp3) is 0.409. The minimum atomic E-state index is -4.32. The standard InChI is InChI=1S/C22H24F3N5O/c1-15(2)30-20-17(13-27-30)11-18(12-26-20)21(31)29-9-7-28(8-10-29)14-16-3-5-19(6-4-16)22(23,24)25/h3-6,11-13,15H,7-10,14H2,1-2H3. The number of alkyl halides is 3. The van der Waals surface area contributed by atoms with Crippen LogP contribution < -0.4 is 0 Å². The van der Waals surface area contributed by atoms with Crippen LogP contribution >= 0.6 is 0 Å². The molecule has 0 unspecified atom stereocenters. The van der Waals surface area contributed by atoms with Gasteiger partial charge in [-0.1, -0.05) is 12.1 Å². The van der Waals surface area contributed by atoms with Gasteiger partial charge in [0.25, 0.3) is 5.91 Å². The Morgan fingerprint density at radius 1 is 1.06 bits per heavy atom. The molecule has 1 fully saturated rings. The Balaban J connectivity index is 1.36. The van der Waals surface area contributed by atoms with E-state index in [-0.39, 0.29) is 11.9 Å². The summed E-state index contributed by atoms with van der Waals surface area (Å²) in [7, 11) is 0. The third kappa shape index (κ3) is 4.56. The molecule has 0 spiro atoms. The van der Waals surface area contributed by atoms with Crippen LogP contribution in [0.4, 0.5) is 13.2 Å². The predicted molar refractivity (Wildman–Crippen MR) is 111 cm³/mol. The van der Waals surface area contributed by atoms with Crippen molar-refractivity contribution in [2.24, 2.45) is 0 Å². The van der Waals surface area contributed by atoms with E-state index in [2.05, 4.69) is 15.0 Å². The van der Waals surface area contributed by atoms with Crippen LogP contribution in [0.3, 0.4) is 0 Å². The Hall–Kier alpha value is -2.94. The van der Waals surface area contributed by atoms with E-state index in [1.165, 1.54) is 12.1 Å². The largest absolute Gasteiger partial charge is 0.416 e. The van der Waals surface area contributed by atoms with Gasteiger partial charge in [-0.2, -0.15) is 18.3 Å². The minimum absolute atomic E-state index is 0.0686. The van der Waals surface area contributed by atoms with Crippen molar-refractivity contribution in [3.8, 4) is 0 Å².